The minimum absolute atomic E-state index is 0. The Morgan fingerprint density at radius 2 is 1.68 bits per heavy atom. The molecule has 0 bridgehead atoms. The lowest BCUT2D eigenvalue weighted by Crippen LogP contribution is -2.39. The van der Waals surface area contributed by atoms with E-state index in [9.17, 15) is 4.79 Å². The number of carbonyl (C=O) groups excluding carboxylic acids is 1. The quantitative estimate of drug-likeness (QED) is 0.745. The molecule has 2 aromatic rings. The molecule has 0 saturated carbocycles. The Kier molecular flexibility index (Phi) is 8.49. The molecule has 3 N–H and O–H groups in total. The van der Waals surface area contributed by atoms with Crippen LogP contribution >= 0.6 is 12.4 Å². The second kappa shape index (κ2) is 10.6. The summed E-state index contributed by atoms with van der Waals surface area (Å²) in [5.74, 6) is 1.22. The third-order valence-corrected chi connectivity index (χ3v) is 5.56. The third kappa shape index (κ3) is 5.57. The van der Waals surface area contributed by atoms with Gasteiger partial charge in [-0.15, -0.1) is 12.4 Å². The summed E-state index contributed by atoms with van der Waals surface area (Å²) in [6.07, 6.45) is 0. The molecule has 0 aromatic heterocycles. The first kappa shape index (κ1) is 22.4. The molecule has 1 aliphatic heterocycles. The smallest absolute Gasteiger partial charge is 0.234 e. The first-order valence-electron chi connectivity index (χ1n) is 9.90. The molecule has 1 fully saturated rings. The topological polar surface area (TPSA) is 58.4 Å². The number of hydrogen-bond acceptors (Lipinski definition) is 3. The van der Waals surface area contributed by atoms with Crippen LogP contribution < -0.4 is 11.1 Å². The number of rotatable bonds is 7. The van der Waals surface area contributed by atoms with Crippen molar-refractivity contribution >= 4 is 18.3 Å². The van der Waals surface area contributed by atoms with Gasteiger partial charge >= 0.3 is 0 Å². The Morgan fingerprint density at radius 1 is 1.07 bits per heavy atom. The maximum absolute atomic E-state index is 12.7. The highest BCUT2D eigenvalue weighted by molar-refractivity contribution is 5.85. The van der Waals surface area contributed by atoms with Gasteiger partial charge in [-0.05, 0) is 29.5 Å². The van der Waals surface area contributed by atoms with Gasteiger partial charge in [-0.25, -0.2) is 0 Å². The Labute approximate surface area is 174 Å². The number of benzene rings is 2. The second-order valence-electron chi connectivity index (χ2n) is 7.91. The molecule has 3 rings (SSSR count). The number of halogens is 1. The predicted molar refractivity (Wildman–Crippen MR) is 118 cm³/mol. The van der Waals surface area contributed by atoms with Gasteiger partial charge in [0.2, 0.25) is 5.91 Å². The maximum atomic E-state index is 12.7. The van der Waals surface area contributed by atoms with E-state index < -0.39 is 0 Å². The summed E-state index contributed by atoms with van der Waals surface area (Å²) in [5.41, 5.74) is 8.50. The van der Waals surface area contributed by atoms with Crippen LogP contribution in [0.15, 0.2) is 60.7 Å². The SMILES string of the molecule is CC(C)C(NC(=O)CN1C[C@@H](CN)[C@H](c2ccccc2)C1)c1ccccc1.Cl. The van der Waals surface area contributed by atoms with Gasteiger partial charge in [-0.3, -0.25) is 9.69 Å². The molecule has 1 aliphatic rings. The van der Waals surface area contributed by atoms with E-state index in [0.29, 0.717) is 30.8 Å². The number of nitrogens with two attached hydrogens (primary N) is 1. The molecular weight excluding hydrogens is 370 g/mol. The average Bonchev–Trinajstić information content (AvgIpc) is 3.10. The zero-order chi connectivity index (χ0) is 19.2. The largest absolute Gasteiger partial charge is 0.348 e. The van der Waals surface area contributed by atoms with Crippen LogP contribution in [0.1, 0.15) is 36.9 Å². The molecule has 1 amide bonds. The van der Waals surface area contributed by atoms with Gasteiger partial charge in [-0.1, -0.05) is 74.5 Å². The van der Waals surface area contributed by atoms with Crippen LogP contribution in [-0.4, -0.2) is 37.0 Å². The fraction of sp³-hybridized carbons (Fsp3) is 0.435. The Bertz CT molecular complexity index is 723. The highest BCUT2D eigenvalue weighted by Gasteiger charge is 2.33. The van der Waals surface area contributed by atoms with Gasteiger partial charge in [0, 0.05) is 19.0 Å². The van der Waals surface area contributed by atoms with Crippen molar-refractivity contribution in [3.8, 4) is 0 Å². The second-order valence-corrected chi connectivity index (χ2v) is 7.91. The summed E-state index contributed by atoms with van der Waals surface area (Å²) in [6, 6.07) is 20.8. The lowest BCUT2D eigenvalue weighted by atomic mass is 9.89. The predicted octanol–water partition coefficient (Wildman–Crippen LogP) is 3.60. The van der Waals surface area contributed by atoms with Crippen molar-refractivity contribution in [1.29, 1.82) is 0 Å². The van der Waals surface area contributed by atoms with Crippen LogP contribution in [0.4, 0.5) is 0 Å². The molecule has 5 heteroatoms. The van der Waals surface area contributed by atoms with Gasteiger partial charge < -0.3 is 11.1 Å². The van der Waals surface area contributed by atoms with E-state index in [1.165, 1.54) is 5.56 Å². The molecule has 4 nitrogen and oxygen atoms in total. The molecule has 152 valence electrons. The number of carbonyl (C=O) groups is 1. The fourth-order valence-electron chi connectivity index (χ4n) is 4.12. The van der Waals surface area contributed by atoms with Crippen LogP contribution in [0.3, 0.4) is 0 Å². The summed E-state index contributed by atoms with van der Waals surface area (Å²) in [6.45, 7) is 7.12. The number of nitrogens with one attached hydrogen (secondary N) is 1. The van der Waals surface area contributed by atoms with Crippen molar-refractivity contribution in [2.45, 2.75) is 25.8 Å². The van der Waals surface area contributed by atoms with Gasteiger partial charge in [0.25, 0.3) is 0 Å². The maximum Gasteiger partial charge on any atom is 0.234 e. The zero-order valence-electron chi connectivity index (χ0n) is 16.8. The third-order valence-electron chi connectivity index (χ3n) is 5.56. The average molecular weight is 402 g/mol. The summed E-state index contributed by atoms with van der Waals surface area (Å²) in [4.78, 5) is 15.0. The molecule has 1 heterocycles. The zero-order valence-corrected chi connectivity index (χ0v) is 17.6. The van der Waals surface area contributed by atoms with Crippen molar-refractivity contribution < 1.29 is 4.79 Å². The number of hydrogen-bond donors (Lipinski definition) is 2. The van der Waals surface area contributed by atoms with E-state index >= 15 is 0 Å². The summed E-state index contributed by atoms with van der Waals surface area (Å²) in [7, 11) is 0. The molecule has 0 spiro atoms. The van der Waals surface area contributed by atoms with Crippen LogP contribution in [0, 0.1) is 11.8 Å². The van der Waals surface area contributed by atoms with Crippen LogP contribution in [0.25, 0.3) is 0 Å². The van der Waals surface area contributed by atoms with Crippen LogP contribution in [-0.2, 0) is 4.79 Å². The van der Waals surface area contributed by atoms with E-state index in [1.807, 2.05) is 24.3 Å². The number of likely N-dealkylation sites (tertiary alicyclic amines) is 1. The Balaban J connectivity index is 0.00000280. The minimum atomic E-state index is 0. The van der Waals surface area contributed by atoms with Gasteiger partial charge in [0.05, 0.1) is 12.6 Å². The molecule has 0 aliphatic carbocycles. The first-order valence-corrected chi connectivity index (χ1v) is 9.90. The van der Waals surface area contributed by atoms with E-state index in [0.717, 1.165) is 18.7 Å². The fourth-order valence-corrected chi connectivity index (χ4v) is 4.12. The van der Waals surface area contributed by atoms with Crippen molar-refractivity contribution in [3.05, 3.63) is 71.8 Å². The standard InChI is InChI=1S/C23H31N3O.ClH/c1-17(2)23(19-11-7-4-8-12-19)25-22(27)16-26-14-20(13-24)21(15-26)18-9-5-3-6-10-18;/h3-12,17,20-21,23H,13-16,24H2,1-2H3,(H,25,27);1H/t20-,21+,23?;/m1./s1. The molecular formula is C23H32ClN3O. The summed E-state index contributed by atoms with van der Waals surface area (Å²) >= 11 is 0. The number of amides is 1. The van der Waals surface area contributed by atoms with Crippen molar-refractivity contribution in [2.75, 3.05) is 26.2 Å². The molecule has 1 unspecified atom stereocenters. The molecule has 3 atom stereocenters. The van der Waals surface area contributed by atoms with Crippen LogP contribution in [0.5, 0.6) is 0 Å². The van der Waals surface area contributed by atoms with Gasteiger partial charge in [-0.2, -0.15) is 0 Å². The summed E-state index contributed by atoms with van der Waals surface area (Å²) < 4.78 is 0. The summed E-state index contributed by atoms with van der Waals surface area (Å²) in [5, 5.41) is 3.24. The highest BCUT2D eigenvalue weighted by Crippen LogP contribution is 2.31. The van der Waals surface area contributed by atoms with E-state index in [4.69, 9.17) is 5.73 Å². The lowest BCUT2D eigenvalue weighted by Gasteiger charge is -2.24. The first-order chi connectivity index (χ1) is 13.1. The molecule has 28 heavy (non-hydrogen) atoms. The Hall–Kier alpha value is -1.88. The minimum Gasteiger partial charge on any atom is -0.348 e. The normalized spacial score (nSPS) is 20.6. The van der Waals surface area contributed by atoms with Crippen LogP contribution in [0.2, 0.25) is 0 Å². The van der Waals surface area contributed by atoms with E-state index in [1.54, 1.807) is 0 Å². The number of nitrogens with zero attached hydrogens (tertiary/aromatic N) is 1. The molecule has 0 radical (unpaired) electrons. The van der Waals surface area contributed by atoms with E-state index in [2.05, 4.69) is 60.5 Å². The van der Waals surface area contributed by atoms with E-state index in [-0.39, 0.29) is 24.4 Å². The van der Waals surface area contributed by atoms with Crippen molar-refractivity contribution in [2.24, 2.45) is 17.6 Å². The lowest BCUT2D eigenvalue weighted by molar-refractivity contribution is -0.123. The monoisotopic (exact) mass is 401 g/mol. The Morgan fingerprint density at radius 3 is 2.25 bits per heavy atom. The van der Waals surface area contributed by atoms with Gasteiger partial charge in [0.1, 0.15) is 0 Å². The van der Waals surface area contributed by atoms with Crippen molar-refractivity contribution in [1.82, 2.24) is 10.2 Å². The van der Waals surface area contributed by atoms with Crippen molar-refractivity contribution in [3.63, 3.8) is 0 Å². The highest BCUT2D eigenvalue weighted by atomic mass is 35.5. The molecule has 1 saturated heterocycles. The van der Waals surface area contributed by atoms with Gasteiger partial charge in [0.15, 0.2) is 0 Å². The molecule has 2 aromatic carbocycles.